The Hall–Kier alpha value is -2.04. The third kappa shape index (κ3) is 2.05. The molecule has 19 heavy (non-hydrogen) atoms. The molecule has 0 spiro atoms. The lowest BCUT2D eigenvalue weighted by Crippen LogP contribution is -2.56. The second kappa shape index (κ2) is 4.57. The molecule has 2 fully saturated rings. The van der Waals surface area contributed by atoms with E-state index in [1.165, 1.54) is 0 Å². The third-order valence-corrected chi connectivity index (χ3v) is 3.91. The van der Waals surface area contributed by atoms with Crippen molar-refractivity contribution >= 4 is 17.5 Å². The molecule has 2 saturated heterocycles. The number of piperazine rings is 1. The summed E-state index contributed by atoms with van der Waals surface area (Å²) in [6.45, 7) is 1.31. The summed E-state index contributed by atoms with van der Waals surface area (Å²) >= 11 is 0. The summed E-state index contributed by atoms with van der Waals surface area (Å²) in [5, 5.41) is 0. The van der Waals surface area contributed by atoms with Gasteiger partial charge in [-0.1, -0.05) is 18.2 Å². The van der Waals surface area contributed by atoms with Gasteiger partial charge in [0.05, 0.1) is 0 Å². The summed E-state index contributed by atoms with van der Waals surface area (Å²) < 4.78 is 0. The Morgan fingerprint density at radius 1 is 1.26 bits per heavy atom. The van der Waals surface area contributed by atoms with Gasteiger partial charge in [-0.3, -0.25) is 9.59 Å². The molecule has 2 aliphatic rings. The van der Waals surface area contributed by atoms with Gasteiger partial charge in [0, 0.05) is 18.8 Å². The molecule has 5 nitrogen and oxygen atoms in total. The summed E-state index contributed by atoms with van der Waals surface area (Å²) in [6.07, 6.45) is 1.70. The second-order valence-electron chi connectivity index (χ2n) is 5.14. The zero-order chi connectivity index (χ0) is 13.4. The van der Waals surface area contributed by atoms with Gasteiger partial charge in [0.25, 0.3) is 0 Å². The van der Waals surface area contributed by atoms with Crippen molar-refractivity contribution in [3.8, 4) is 0 Å². The molecule has 0 aromatic heterocycles. The quantitative estimate of drug-likeness (QED) is 0.791. The van der Waals surface area contributed by atoms with Crippen LogP contribution < -0.4 is 5.73 Å². The zero-order valence-corrected chi connectivity index (χ0v) is 10.7. The van der Waals surface area contributed by atoms with Crippen LogP contribution in [-0.4, -0.2) is 40.7 Å². The number of amides is 2. The highest BCUT2D eigenvalue weighted by atomic mass is 16.2. The summed E-state index contributed by atoms with van der Waals surface area (Å²) in [5.74, 6) is 0.108. The highest BCUT2D eigenvalue weighted by Crippen LogP contribution is 2.25. The van der Waals surface area contributed by atoms with E-state index in [1.54, 1.807) is 9.80 Å². The van der Waals surface area contributed by atoms with Crippen LogP contribution in [0.1, 0.15) is 18.4 Å². The number of hydrogen-bond acceptors (Lipinski definition) is 3. The minimum Gasteiger partial charge on any atom is -0.398 e. The number of rotatable bonds is 2. The Kier molecular flexibility index (Phi) is 2.89. The first-order chi connectivity index (χ1) is 9.16. The van der Waals surface area contributed by atoms with E-state index in [-0.39, 0.29) is 24.4 Å². The summed E-state index contributed by atoms with van der Waals surface area (Å²) in [6, 6.07) is 7.22. The lowest BCUT2D eigenvalue weighted by Gasteiger charge is -2.36. The van der Waals surface area contributed by atoms with Crippen molar-refractivity contribution in [1.82, 2.24) is 9.80 Å². The van der Waals surface area contributed by atoms with E-state index < -0.39 is 0 Å². The van der Waals surface area contributed by atoms with Gasteiger partial charge < -0.3 is 15.5 Å². The van der Waals surface area contributed by atoms with E-state index in [0.717, 1.165) is 24.9 Å². The number of para-hydroxylation sites is 1. The van der Waals surface area contributed by atoms with Crippen LogP contribution in [0.15, 0.2) is 24.3 Å². The van der Waals surface area contributed by atoms with E-state index in [2.05, 4.69) is 0 Å². The van der Waals surface area contributed by atoms with Crippen molar-refractivity contribution in [2.24, 2.45) is 0 Å². The fraction of sp³-hybridized carbons (Fsp3) is 0.429. The van der Waals surface area contributed by atoms with Gasteiger partial charge in [-0.05, 0) is 24.5 Å². The molecular weight excluding hydrogens is 242 g/mol. The van der Waals surface area contributed by atoms with Crippen LogP contribution in [0.5, 0.6) is 0 Å². The number of nitrogen functional groups attached to an aromatic ring is 1. The minimum absolute atomic E-state index is 0.0524. The number of fused-ring (bicyclic) bond motifs is 1. The van der Waals surface area contributed by atoms with Crippen molar-refractivity contribution in [3.63, 3.8) is 0 Å². The Balaban J connectivity index is 1.80. The molecule has 0 radical (unpaired) electrons. The maximum atomic E-state index is 12.4. The van der Waals surface area contributed by atoms with Crippen LogP contribution in [-0.2, 0) is 16.1 Å². The smallest absolute Gasteiger partial charge is 0.246 e. The number of hydrogen-bond donors (Lipinski definition) is 1. The monoisotopic (exact) mass is 259 g/mol. The normalized spacial score (nSPS) is 22.8. The van der Waals surface area contributed by atoms with Gasteiger partial charge in [-0.25, -0.2) is 0 Å². The number of carbonyl (C=O) groups excluding carboxylic acids is 2. The standard InChI is InChI=1S/C14H17N3O2/c15-11-5-2-1-4-10(11)8-16-9-13(18)17-7-3-6-12(17)14(16)19/h1-2,4-5,12H,3,6-9,15H2. The van der Waals surface area contributed by atoms with E-state index in [1.807, 2.05) is 24.3 Å². The van der Waals surface area contributed by atoms with Crippen molar-refractivity contribution < 1.29 is 9.59 Å². The molecule has 1 atom stereocenters. The molecule has 100 valence electrons. The predicted octanol–water partition coefficient (Wildman–Crippen LogP) is 0.602. The highest BCUT2D eigenvalue weighted by molar-refractivity contribution is 5.95. The van der Waals surface area contributed by atoms with Gasteiger partial charge in [0.1, 0.15) is 12.6 Å². The Morgan fingerprint density at radius 2 is 2.05 bits per heavy atom. The van der Waals surface area contributed by atoms with E-state index in [9.17, 15) is 9.59 Å². The zero-order valence-electron chi connectivity index (χ0n) is 10.7. The second-order valence-corrected chi connectivity index (χ2v) is 5.14. The predicted molar refractivity (Wildman–Crippen MR) is 71.0 cm³/mol. The third-order valence-electron chi connectivity index (χ3n) is 3.91. The molecule has 0 saturated carbocycles. The molecule has 2 amide bonds. The largest absolute Gasteiger partial charge is 0.398 e. The molecule has 0 aliphatic carbocycles. The fourth-order valence-corrected chi connectivity index (χ4v) is 2.88. The molecule has 2 aliphatic heterocycles. The van der Waals surface area contributed by atoms with Crippen LogP contribution in [0, 0.1) is 0 Å². The number of carbonyl (C=O) groups is 2. The minimum atomic E-state index is -0.244. The molecule has 2 N–H and O–H groups in total. The number of benzene rings is 1. The summed E-state index contributed by atoms with van der Waals surface area (Å²) in [4.78, 5) is 27.7. The lowest BCUT2D eigenvalue weighted by molar-refractivity contribution is -0.154. The Labute approximate surface area is 112 Å². The average molecular weight is 259 g/mol. The van der Waals surface area contributed by atoms with Crippen LogP contribution in [0.25, 0.3) is 0 Å². The summed E-state index contributed by atoms with van der Waals surface area (Å²) in [7, 11) is 0. The van der Waals surface area contributed by atoms with Crippen LogP contribution in [0.3, 0.4) is 0 Å². The molecule has 1 aromatic carbocycles. The molecule has 3 rings (SSSR count). The van der Waals surface area contributed by atoms with Crippen LogP contribution >= 0.6 is 0 Å². The number of anilines is 1. The number of nitrogens with two attached hydrogens (primary N) is 1. The van der Waals surface area contributed by atoms with E-state index in [0.29, 0.717) is 12.2 Å². The van der Waals surface area contributed by atoms with E-state index in [4.69, 9.17) is 5.73 Å². The maximum absolute atomic E-state index is 12.4. The fourth-order valence-electron chi connectivity index (χ4n) is 2.88. The molecule has 1 aromatic rings. The molecule has 5 heteroatoms. The average Bonchev–Trinajstić information content (AvgIpc) is 2.88. The molecule has 0 bridgehead atoms. The molecule has 1 unspecified atom stereocenters. The van der Waals surface area contributed by atoms with E-state index >= 15 is 0 Å². The SMILES string of the molecule is Nc1ccccc1CN1CC(=O)N2CCCC2C1=O. The van der Waals surface area contributed by atoms with Gasteiger partial charge in [0.2, 0.25) is 11.8 Å². The Bertz CT molecular complexity index is 529. The number of nitrogens with zero attached hydrogens (tertiary/aromatic N) is 2. The van der Waals surface area contributed by atoms with Crippen molar-refractivity contribution in [1.29, 1.82) is 0 Å². The first kappa shape index (κ1) is 12.0. The van der Waals surface area contributed by atoms with Gasteiger partial charge in [0.15, 0.2) is 0 Å². The van der Waals surface area contributed by atoms with Gasteiger partial charge >= 0.3 is 0 Å². The summed E-state index contributed by atoms with van der Waals surface area (Å²) in [5.41, 5.74) is 7.45. The van der Waals surface area contributed by atoms with Gasteiger partial charge in [-0.2, -0.15) is 0 Å². The molecule has 2 heterocycles. The maximum Gasteiger partial charge on any atom is 0.246 e. The van der Waals surface area contributed by atoms with Crippen LogP contribution in [0.2, 0.25) is 0 Å². The highest BCUT2D eigenvalue weighted by Gasteiger charge is 2.41. The lowest BCUT2D eigenvalue weighted by atomic mass is 10.1. The van der Waals surface area contributed by atoms with Gasteiger partial charge in [-0.15, -0.1) is 0 Å². The van der Waals surface area contributed by atoms with Crippen molar-refractivity contribution in [3.05, 3.63) is 29.8 Å². The van der Waals surface area contributed by atoms with Crippen molar-refractivity contribution in [2.45, 2.75) is 25.4 Å². The Morgan fingerprint density at radius 3 is 2.84 bits per heavy atom. The molecular formula is C14H17N3O2. The first-order valence-corrected chi connectivity index (χ1v) is 6.58. The van der Waals surface area contributed by atoms with Crippen molar-refractivity contribution in [2.75, 3.05) is 18.8 Å². The topological polar surface area (TPSA) is 66.6 Å². The first-order valence-electron chi connectivity index (χ1n) is 6.58. The van der Waals surface area contributed by atoms with Crippen LogP contribution in [0.4, 0.5) is 5.69 Å².